The SMILES string of the molecule is CCC1=CC(N2CCN=N2)CN1CCC(=O)O. The van der Waals surface area contributed by atoms with Gasteiger partial charge in [-0.25, -0.2) is 0 Å². The number of rotatable bonds is 5. The van der Waals surface area contributed by atoms with Crippen LogP contribution in [0.4, 0.5) is 0 Å². The van der Waals surface area contributed by atoms with Crippen LogP contribution < -0.4 is 0 Å². The highest BCUT2D eigenvalue weighted by atomic mass is 16.4. The van der Waals surface area contributed by atoms with Crippen LogP contribution in [-0.2, 0) is 4.79 Å². The summed E-state index contributed by atoms with van der Waals surface area (Å²) in [5.41, 5.74) is 1.22. The van der Waals surface area contributed by atoms with Crippen molar-refractivity contribution in [2.24, 2.45) is 10.3 Å². The monoisotopic (exact) mass is 238 g/mol. The zero-order valence-corrected chi connectivity index (χ0v) is 10.0. The van der Waals surface area contributed by atoms with Gasteiger partial charge in [-0.2, -0.15) is 5.11 Å². The van der Waals surface area contributed by atoms with Gasteiger partial charge >= 0.3 is 5.97 Å². The summed E-state index contributed by atoms with van der Waals surface area (Å²) in [4.78, 5) is 12.7. The van der Waals surface area contributed by atoms with Crippen LogP contribution in [0.25, 0.3) is 0 Å². The van der Waals surface area contributed by atoms with E-state index in [0.717, 1.165) is 26.1 Å². The van der Waals surface area contributed by atoms with Crippen molar-refractivity contribution in [3.8, 4) is 0 Å². The number of carbonyl (C=O) groups is 1. The van der Waals surface area contributed by atoms with Crippen molar-refractivity contribution in [2.75, 3.05) is 26.2 Å². The van der Waals surface area contributed by atoms with Gasteiger partial charge in [-0.05, 0) is 12.5 Å². The second-order valence-electron chi connectivity index (χ2n) is 4.29. The molecule has 0 saturated heterocycles. The van der Waals surface area contributed by atoms with Crippen molar-refractivity contribution in [3.63, 3.8) is 0 Å². The lowest BCUT2D eigenvalue weighted by molar-refractivity contribution is -0.137. The summed E-state index contributed by atoms with van der Waals surface area (Å²) in [6.07, 6.45) is 3.30. The van der Waals surface area contributed by atoms with Gasteiger partial charge in [0, 0.05) is 18.8 Å². The van der Waals surface area contributed by atoms with Gasteiger partial charge in [0.25, 0.3) is 0 Å². The molecule has 0 aromatic heterocycles. The molecule has 2 aliphatic heterocycles. The number of hydrogen-bond donors (Lipinski definition) is 1. The first-order chi connectivity index (χ1) is 8.20. The van der Waals surface area contributed by atoms with Crippen molar-refractivity contribution in [2.45, 2.75) is 25.8 Å². The molecule has 2 aliphatic rings. The lowest BCUT2D eigenvalue weighted by Crippen LogP contribution is -2.34. The Labute approximate surface area is 101 Å². The minimum Gasteiger partial charge on any atom is -0.481 e. The van der Waals surface area contributed by atoms with Gasteiger partial charge in [-0.1, -0.05) is 12.1 Å². The predicted molar refractivity (Wildman–Crippen MR) is 62.4 cm³/mol. The van der Waals surface area contributed by atoms with Gasteiger partial charge in [0.2, 0.25) is 0 Å². The Bertz CT molecular complexity index is 353. The Morgan fingerprint density at radius 3 is 3.06 bits per heavy atom. The van der Waals surface area contributed by atoms with E-state index in [4.69, 9.17) is 5.11 Å². The summed E-state index contributed by atoms with van der Waals surface area (Å²) >= 11 is 0. The van der Waals surface area contributed by atoms with Crippen molar-refractivity contribution in [3.05, 3.63) is 11.8 Å². The molecule has 0 fully saturated rings. The van der Waals surface area contributed by atoms with Crippen LogP contribution in [0.2, 0.25) is 0 Å². The summed E-state index contributed by atoms with van der Waals surface area (Å²) in [7, 11) is 0. The van der Waals surface area contributed by atoms with Gasteiger partial charge < -0.3 is 10.0 Å². The van der Waals surface area contributed by atoms with Gasteiger partial charge in [0.05, 0.1) is 25.6 Å². The first kappa shape index (κ1) is 11.9. The average molecular weight is 238 g/mol. The van der Waals surface area contributed by atoms with E-state index in [1.807, 2.05) is 5.01 Å². The molecule has 0 aliphatic carbocycles. The van der Waals surface area contributed by atoms with E-state index in [1.54, 1.807) is 0 Å². The highest BCUT2D eigenvalue weighted by Gasteiger charge is 2.28. The summed E-state index contributed by atoms with van der Waals surface area (Å²) in [6, 6.07) is 0.255. The molecule has 17 heavy (non-hydrogen) atoms. The lowest BCUT2D eigenvalue weighted by Gasteiger charge is -2.24. The summed E-state index contributed by atoms with van der Waals surface area (Å²) in [6.45, 7) is 5.13. The fraction of sp³-hybridized carbons (Fsp3) is 0.727. The molecule has 0 spiro atoms. The van der Waals surface area contributed by atoms with E-state index in [9.17, 15) is 4.79 Å². The molecule has 2 rings (SSSR count). The molecular weight excluding hydrogens is 220 g/mol. The molecule has 0 bridgehead atoms. The Kier molecular flexibility index (Phi) is 3.61. The molecule has 0 saturated carbocycles. The number of aliphatic carboxylic acids is 1. The molecule has 1 unspecified atom stereocenters. The van der Waals surface area contributed by atoms with E-state index in [0.29, 0.717) is 6.54 Å². The van der Waals surface area contributed by atoms with E-state index in [2.05, 4.69) is 28.2 Å². The maximum Gasteiger partial charge on any atom is 0.305 e. The highest BCUT2D eigenvalue weighted by molar-refractivity contribution is 5.66. The normalized spacial score (nSPS) is 23.4. The molecule has 94 valence electrons. The van der Waals surface area contributed by atoms with Gasteiger partial charge in [-0.15, -0.1) is 0 Å². The third-order valence-corrected chi connectivity index (χ3v) is 3.15. The Morgan fingerprint density at radius 1 is 1.65 bits per heavy atom. The van der Waals surface area contributed by atoms with Crippen molar-refractivity contribution in [1.82, 2.24) is 9.91 Å². The van der Waals surface area contributed by atoms with Crippen LogP contribution in [0.15, 0.2) is 22.1 Å². The second-order valence-corrected chi connectivity index (χ2v) is 4.29. The zero-order chi connectivity index (χ0) is 12.3. The molecule has 6 nitrogen and oxygen atoms in total. The number of nitrogens with zero attached hydrogens (tertiary/aromatic N) is 4. The van der Waals surface area contributed by atoms with E-state index >= 15 is 0 Å². The number of allylic oxidation sites excluding steroid dienone is 1. The molecule has 0 amide bonds. The molecule has 6 heteroatoms. The fourth-order valence-corrected chi connectivity index (χ4v) is 2.26. The average Bonchev–Trinajstić information content (AvgIpc) is 2.94. The summed E-state index contributed by atoms with van der Waals surface area (Å²) in [5, 5.41) is 18.8. The smallest absolute Gasteiger partial charge is 0.305 e. The first-order valence-electron chi connectivity index (χ1n) is 6.02. The molecular formula is C11H18N4O2. The van der Waals surface area contributed by atoms with Gasteiger partial charge in [-0.3, -0.25) is 9.80 Å². The van der Waals surface area contributed by atoms with Crippen molar-refractivity contribution < 1.29 is 9.90 Å². The van der Waals surface area contributed by atoms with Gasteiger partial charge in [0.15, 0.2) is 0 Å². The van der Waals surface area contributed by atoms with Crippen molar-refractivity contribution in [1.29, 1.82) is 0 Å². The number of carboxylic acids is 1. The fourth-order valence-electron chi connectivity index (χ4n) is 2.26. The van der Waals surface area contributed by atoms with E-state index in [1.165, 1.54) is 5.70 Å². The molecule has 0 aromatic carbocycles. The topological polar surface area (TPSA) is 68.5 Å². The number of carboxylic acid groups (broad SMARTS) is 1. The number of hydrogen-bond acceptors (Lipinski definition) is 5. The Morgan fingerprint density at radius 2 is 2.47 bits per heavy atom. The Balaban J connectivity index is 1.94. The van der Waals surface area contributed by atoms with E-state index < -0.39 is 5.97 Å². The predicted octanol–water partition coefficient (Wildman–Crippen LogP) is 1.12. The third-order valence-electron chi connectivity index (χ3n) is 3.15. The second kappa shape index (κ2) is 5.16. The first-order valence-corrected chi connectivity index (χ1v) is 6.02. The third kappa shape index (κ3) is 2.75. The largest absolute Gasteiger partial charge is 0.481 e. The summed E-state index contributed by atoms with van der Waals surface area (Å²) < 4.78 is 0. The molecule has 1 N–H and O–H groups in total. The minimum absolute atomic E-state index is 0.186. The zero-order valence-electron chi connectivity index (χ0n) is 10.0. The molecule has 0 aromatic rings. The maximum atomic E-state index is 10.6. The summed E-state index contributed by atoms with van der Waals surface area (Å²) in [5.74, 6) is -0.746. The van der Waals surface area contributed by atoms with E-state index in [-0.39, 0.29) is 12.5 Å². The lowest BCUT2D eigenvalue weighted by atomic mass is 10.2. The molecule has 0 radical (unpaired) electrons. The molecule has 1 atom stereocenters. The quantitative estimate of drug-likeness (QED) is 0.779. The Hall–Kier alpha value is -1.59. The van der Waals surface area contributed by atoms with Crippen molar-refractivity contribution >= 4 is 5.97 Å². The van der Waals surface area contributed by atoms with Crippen LogP contribution in [0.1, 0.15) is 19.8 Å². The highest BCUT2D eigenvalue weighted by Crippen LogP contribution is 2.23. The van der Waals surface area contributed by atoms with Gasteiger partial charge in [0.1, 0.15) is 0 Å². The van der Waals surface area contributed by atoms with Crippen LogP contribution >= 0.6 is 0 Å². The maximum absolute atomic E-state index is 10.6. The molecule has 2 heterocycles. The minimum atomic E-state index is -0.746. The van der Waals surface area contributed by atoms with Crippen LogP contribution in [-0.4, -0.2) is 53.2 Å². The van der Waals surface area contributed by atoms with Crippen LogP contribution in [0, 0.1) is 0 Å². The van der Waals surface area contributed by atoms with Crippen LogP contribution in [0.3, 0.4) is 0 Å². The standard InChI is InChI=1S/C11H18N4O2/c1-2-9-7-10(15-6-4-12-13-15)8-14(9)5-3-11(16)17/h7,10H,2-6,8H2,1H3,(H,16,17). The van der Waals surface area contributed by atoms with Crippen LogP contribution in [0.5, 0.6) is 0 Å².